The second-order valence-corrected chi connectivity index (χ2v) is 3.76. The first kappa shape index (κ1) is 10.7. The van der Waals surface area contributed by atoms with Crippen LogP contribution in [0.4, 0.5) is 5.69 Å². The van der Waals surface area contributed by atoms with Gasteiger partial charge in [-0.15, -0.1) is 0 Å². The minimum Gasteiger partial charge on any atom is -0.258 e. The Bertz CT molecular complexity index is 321. The zero-order chi connectivity index (χ0) is 10.6. The molecule has 0 fully saturated rings. The summed E-state index contributed by atoms with van der Waals surface area (Å²) >= 11 is 0. The molecule has 0 N–H and O–H groups in total. The molecule has 0 unspecified atom stereocenters. The van der Waals surface area contributed by atoms with Crippen LogP contribution in [0.5, 0.6) is 0 Å². The van der Waals surface area contributed by atoms with E-state index in [-0.39, 0.29) is 10.6 Å². The predicted octanol–water partition coefficient (Wildman–Crippen LogP) is 2.98. The molecule has 3 nitrogen and oxygen atoms in total. The van der Waals surface area contributed by atoms with Crippen molar-refractivity contribution < 1.29 is 4.92 Å². The number of nitrogens with zero attached hydrogens (tertiary/aromatic N) is 1. The van der Waals surface area contributed by atoms with Crippen molar-refractivity contribution in [2.75, 3.05) is 0 Å². The third kappa shape index (κ3) is 3.17. The largest absolute Gasteiger partial charge is 0.269 e. The lowest BCUT2D eigenvalue weighted by Gasteiger charge is -2.03. The zero-order valence-corrected chi connectivity index (χ0v) is 8.49. The van der Waals surface area contributed by atoms with Crippen LogP contribution in [-0.2, 0) is 6.42 Å². The van der Waals surface area contributed by atoms with Gasteiger partial charge in [0.25, 0.3) is 5.69 Å². The van der Waals surface area contributed by atoms with E-state index in [4.69, 9.17) is 0 Å². The van der Waals surface area contributed by atoms with Gasteiger partial charge in [0.1, 0.15) is 0 Å². The normalized spacial score (nSPS) is 10.5. The maximum Gasteiger partial charge on any atom is 0.269 e. The van der Waals surface area contributed by atoms with E-state index in [1.807, 2.05) is 0 Å². The van der Waals surface area contributed by atoms with Crippen LogP contribution in [0.15, 0.2) is 18.2 Å². The molecule has 75 valence electrons. The van der Waals surface area contributed by atoms with Gasteiger partial charge in [-0.1, -0.05) is 13.8 Å². The Hall–Kier alpha value is -1.38. The van der Waals surface area contributed by atoms with Crippen LogP contribution in [0.3, 0.4) is 0 Å². The lowest BCUT2D eigenvalue weighted by molar-refractivity contribution is -0.384. The van der Waals surface area contributed by atoms with Crippen LogP contribution in [0.25, 0.3) is 0 Å². The molecule has 1 rings (SSSR count). The highest BCUT2D eigenvalue weighted by Crippen LogP contribution is 2.15. The van der Waals surface area contributed by atoms with E-state index in [0.29, 0.717) is 5.92 Å². The van der Waals surface area contributed by atoms with Gasteiger partial charge in [0.05, 0.1) is 4.92 Å². The summed E-state index contributed by atoms with van der Waals surface area (Å²) in [7, 11) is 0. The molecule has 0 saturated heterocycles. The number of nitro benzene ring substituents is 1. The van der Waals surface area contributed by atoms with Crippen LogP contribution >= 0.6 is 0 Å². The first-order valence-corrected chi connectivity index (χ1v) is 4.74. The number of rotatable bonds is 4. The number of non-ortho nitro benzene ring substituents is 1. The number of hydrogen-bond donors (Lipinski definition) is 0. The number of aryl methyl sites for hydroxylation is 1. The molecule has 1 aromatic rings. The lowest BCUT2D eigenvalue weighted by atomic mass is 10.0. The van der Waals surface area contributed by atoms with Crippen molar-refractivity contribution in [1.29, 1.82) is 0 Å². The van der Waals surface area contributed by atoms with E-state index in [1.54, 1.807) is 12.1 Å². The Balaban J connectivity index is 2.69. The van der Waals surface area contributed by atoms with Gasteiger partial charge in [-0.2, -0.15) is 0 Å². The van der Waals surface area contributed by atoms with Crippen molar-refractivity contribution in [2.24, 2.45) is 5.92 Å². The fourth-order valence-electron chi connectivity index (χ4n) is 1.20. The van der Waals surface area contributed by atoms with Crippen molar-refractivity contribution >= 4 is 5.69 Å². The first-order chi connectivity index (χ1) is 6.59. The first-order valence-electron chi connectivity index (χ1n) is 4.74. The van der Waals surface area contributed by atoms with Crippen molar-refractivity contribution in [2.45, 2.75) is 26.7 Å². The molecule has 0 aliphatic rings. The third-order valence-corrected chi connectivity index (χ3v) is 2.05. The Morgan fingerprint density at radius 2 is 2.29 bits per heavy atom. The van der Waals surface area contributed by atoms with E-state index < -0.39 is 0 Å². The topological polar surface area (TPSA) is 43.1 Å². The second kappa shape index (κ2) is 4.74. The molecular formula is C11H14NO2. The number of hydrogen-bond acceptors (Lipinski definition) is 2. The summed E-state index contributed by atoms with van der Waals surface area (Å²) in [5.74, 6) is 0.614. The van der Waals surface area contributed by atoms with Crippen LogP contribution in [-0.4, -0.2) is 4.92 Å². The lowest BCUT2D eigenvalue weighted by Crippen LogP contribution is -1.94. The molecule has 0 aliphatic carbocycles. The predicted molar refractivity (Wildman–Crippen MR) is 55.1 cm³/mol. The van der Waals surface area contributed by atoms with Crippen LogP contribution in [0.2, 0.25) is 0 Å². The summed E-state index contributed by atoms with van der Waals surface area (Å²) in [5, 5.41) is 10.5. The summed E-state index contributed by atoms with van der Waals surface area (Å²) in [6.45, 7) is 4.27. The molecule has 14 heavy (non-hydrogen) atoms. The minimum absolute atomic E-state index is 0.155. The fourth-order valence-corrected chi connectivity index (χ4v) is 1.20. The molecule has 1 aromatic carbocycles. The van der Waals surface area contributed by atoms with E-state index in [2.05, 4.69) is 19.9 Å². The molecule has 0 aromatic heterocycles. The average Bonchev–Trinajstić information content (AvgIpc) is 2.15. The van der Waals surface area contributed by atoms with Crippen LogP contribution in [0, 0.1) is 22.1 Å². The van der Waals surface area contributed by atoms with Crippen molar-refractivity contribution in [1.82, 2.24) is 0 Å². The van der Waals surface area contributed by atoms with Gasteiger partial charge < -0.3 is 0 Å². The summed E-state index contributed by atoms with van der Waals surface area (Å²) in [5.41, 5.74) is 1.08. The van der Waals surface area contributed by atoms with Crippen molar-refractivity contribution in [3.63, 3.8) is 0 Å². The molecule has 0 bridgehead atoms. The molecule has 0 saturated carbocycles. The molecule has 0 aliphatic heterocycles. The summed E-state index contributed by atoms with van der Waals surface area (Å²) in [6.07, 6.45) is 1.90. The Labute approximate surface area is 83.9 Å². The van der Waals surface area contributed by atoms with Gasteiger partial charge in [0.2, 0.25) is 0 Å². The van der Waals surface area contributed by atoms with Gasteiger partial charge in [-0.05, 0) is 36.5 Å². The van der Waals surface area contributed by atoms with Crippen LogP contribution in [0.1, 0.15) is 25.8 Å². The summed E-state index contributed by atoms with van der Waals surface area (Å²) < 4.78 is 0. The molecule has 1 radical (unpaired) electrons. The molecule has 3 heteroatoms. The summed E-state index contributed by atoms with van der Waals surface area (Å²) in [4.78, 5) is 10.1. The molecule has 0 amide bonds. The maximum absolute atomic E-state index is 10.5. The zero-order valence-electron chi connectivity index (χ0n) is 8.49. The minimum atomic E-state index is -0.368. The van der Waals surface area contributed by atoms with E-state index in [9.17, 15) is 10.1 Å². The second-order valence-electron chi connectivity index (χ2n) is 3.76. The smallest absolute Gasteiger partial charge is 0.258 e. The van der Waals surface area contributed by atoms with Gasteiger partial charge in [0.15, 0.2) is 0 Å². The highest BCUT2D eigenvalue weighted by molar-refractivity contribution is 5.33. The van der Waals surface area contributed by atoms with Gasteiger partial charge in [0, 0.05) is 12.1 Å². The van der Waals surface area contributed by atoms with Crippen molar-refractivity contribution in [3.8, 4) is 0 Å². The van der Waals surface area contributed by atoms with Gasteiger partial charge in [-0.25, -0.2) is 0 Å². The Kier molecular flexibility index (Phi) is 3.63. The maximum atomic E-state index is 10.5. The fraction of sp³-hybridized carbons (Fsp3) is 0.455. The highest BCUT2D eigenvalue weighted by Gasteiger charge is 2.05. The Morgan fingerprint density at radius 1 is 1.57 bits per heavy atom. The number of nitro groups is 1. The number of benzene rings is 1. The monoisotopic (exact) mass is 192 g/mol. The van der Waals surface area contributed by atoms with E-state index in [0.717, 1.165) is 18.4 Å². The standard InChI is InChI=1S/C11H14NO2/c1-9(2)6-7-10-4-3-5-11(8-10)12(13)14/h3,5,8-9H,6-7H2,1-2H3. The summed E-state index contributed by atoms with van der Waals surface area (Å²) in [6, 6.07) is 7.70. The highest BCUT2D eigenvalue weighted by atomic mass is 16.6. The van der Waals surface area contributed by atoms with E-state index in [1.165, 1.54) is 6.07 Å². The SMILES string of the molecule is CC(C)CCc1[c]ccc([N+](=O)[O-])c1. The molecular weight excluding hydrogens is 178 g/mol. The van der Waals surface area contributed by atoms with Gasteiger partial charge in [-0.3, -0.25) is 10.1 Å². The van der Waals surface area contributed by atoms with Crippen LogP contribution < -0.4 is 0 Å². The molecule has 0 spiro atoms. The van der Waals surface area contributed by atoms with Gasteiger partial charge >= 0.3 is 0 Å². The molecule has 0 atom stereocenters. The third-order valence-electron chi connectivity index (χ3n) is 2.05. The van der Waals surface area contributed by atoms with Crippen molar-refractivity contribution in [3.05, 3.63) is 39.9 Å². The quantitative estimate of drug-likeness (QED) is 0.543. The molecule has 0 heterocycles. The van der Waals surface area contributed by atoms with E-state index >= 15 is 0 Å². The average molecular weight is 192 g/mol. The Morgan fingerprint density at radius 3 is 2.86 bits per heavy atom.